The van der Waals surface area contributed by atoms with E-state index >= 15 is 0 Å². The van der Waals surface area contributed by atoms with Crippen molar-refractivity contribution in [2.45, 2.75) is 43.2 Å². The molecule has 5 nitrogen and oxygen atoms in total. The molecule has 0 aromatic heterocycles. The molecule has 6 heteroatoms. The number of hydrogen-bond acceptors (Lipinski definition) is 4. The fraction of sp³-hybridized carbons (Fsp3) is 0.625. The molecule has 1 fully saturated rings. The van der Waals surface area contributed by atoms with Crippen molar-refractivity contribution in [2.24, 2.45) is 5.14 Å². The van der Waals surface area contributed by atoms with Crippen molar-refractivity contribution in [3.05, 3.63) is 29.3 Å². The second-order valence-corrected chi connectivity index (χ2v) is 8.13. The average molecular weight is 323 g/mol. The summed E-state index contributed by atoms with van der Waals surface area (Å²) in [6, 6.07) is 5.99. The van der Waals surface area contributed by atoms with E-state index in [0.29, 0.717) is 6.04 Å². The lowest BCUT2D eigenvalue weighted by molar-refractivity contribution is 0.211. The van der Waals surface area contributed by atoms with E-state index in [-0.39, 0.29) is 4.90 Å². The zero-order valence-corrected chi connectivity index (χ0v) is 14.0. The molecular formula is C16H25N3O2S. The Kier molecular flexibility index (Phi) is 4.54. The van der Waals surface area contributed by atoms with Gasteiger partial charge >= 0.3 is 0 Å². The molecule has 2 N–H and O–H groups in total. The molecule has 2 heterocycles. The van der Waals surface area contributed by atoms with Gasteiger partial charge in [0.2, 0.25) is 10.0 Å². The number of primary sulfonamides is 1. The van der Waals surface area contributed by atoms with E-state index in [0.717, 1.165) is 31.6 Å². The zero-order valence-electron chi connectivity index (χ0n) is 13.2. The summed E-state index contributed by atoms with van der Waals surface area (Å²) in [6.45, 7) is 4.17. The molecule has 1 unspecified atom stereocenters. The topological polar surface area (TPSA) is 66.6 Å². The van der Waals surface area contributed by atoms with Crippen LogP contribution in [0.3, 0.4) is 0 Å². The van der Waals surface area contributed by atoms with Crippen LogP contribution >= 0.6 is 0 Å². The van der Waals surface area contributed by atoms with E-state index in [2.05, 4.69) is 16.8 Å². The Balaban J connectivity index is 1.65. The van der Waals surface area contributed by atoms with Crippen molar-refractivity contribution < 1.29 is 8.42 Å². The normalized spacial score (nSPS) is 23.6. The summed E-state index contributed by atoms with van der Waals surface area (Å²) in [7, 11) is -1.40. The minimum absolute atomic E-state index is 0.226. The molecule has 0 spiro atoms. The minimum atomic E-state index is -3.61. The molecule has 0 amide bonds. The summed E-state index contributed by atoms with van der Waals surface area (Å²) in [5.41, 5.74) is 2.36. The van der Waals surface area contributed by atoms with Crippen LogP contribution in [0, 0.1) is 0 Å². The lowest BCUT2D eigenvalue weighted by Gasteiger charge is -2.30. The number of rotatable bonds is 4. The van der Waals surface area contributed by atoms with Crippen LogP contribution < -0.4 is 5.14 Å². The Labute approximate surface area is 133 Å². The smallest absolute Gasteiger partial charge is 0.238 e. The molecule has 122 valence electrons. The average Bonchev–Trinajstić information content (AvgIpc) is 2.88. The van der Waals surface area contributed by atoms with E-state index in [1.807, 2.05) is 6.07 Å². The third kappa shape index (κ3) is 3.51. The van der Waals surface area contributed by atoms with Gasteiger partial charge in [0.05, 0.1) is 4.90 Å². The van der Waals surface area contributed by atoms with Crippen molar-refractivity contribution in [1.82, 2.24) is 9.80 Å². The predicted octanol–water partition coefficient (Wildman–Crippen LogP) is 1.18. The summed E-state index contributed by atoms with van der Waals surface area (Å²) in [6.07, 6.45) is 4.79. The van der Waals surface area contributed by atoms with Crippen LogP contribution in [0.5, 0.6) is 0 Å². The van der Waals surface area contributed by atoms with Crippen molar-refractivity contribution in [3.63, 3.8) is 0 Å². The Bertz CT molecular complexity index is 645. The summed E-state index contributed by atoms with van der Waals surface area (Å²) < 4.78 is 23.0. The fourth-order valence-electron chi connectivity index (χ4n) is 3.64. The highest BCUT2D eigenvalue weighted by Gasteiger charge is 2.23. The molecule has 0 aliphatic carbocycles. The molecule has 1 atom stereocenters. The fourth-order valence-corrected chi connectivity index (χ4v) is 4.20. The SMILES string of the molecule is CN1CCCC1CCN1CCc2ccc(S(N)(=O)=O)cc2C1. The Hall–Kier alpha value is -0.950. The van der Waals surface area contributed by atoms with Gasteiger partial charge < -0.3 is 4.90 Å². The second-order valence-electron chi connectivity index (χ2n) is 6.57. The maximum atomic E-state index is 11.5. The van der Waals surface area contributed by atoms with E-state index < -0.39 is 10.0 Å². The van der Waals surface area contributed by atoms with E-state index in [1.54, 1.807) is 12.1 Å². The van der Waals surface area contributed by atoms with Crippen LogP contribution in [-0.4, -0.2) is 50.9 Å². The Morgan fingerprint density at radius 1 is 1.27 bits per heavy atom. The number of nitrogens with zero attached hydrogens (tertiary/aromatic N) is 2. The van der Waals surface area contributed by atoms with Gasteiger partial charge in [-0.05, 0) is 69.1 Å². The van der Waals surface area contributed by atoms with Gasteiger partial charge in [-0.25, -0.2) is 13.6 Å². The quantitative estimate of drug-likeness (QED) is 0.903. The van der Waals surface area contributed by atoms with Crippen molar-refractivity contribution >= 4 is 10.0 Å². The minimum Gasteiger partial charge on any atom is -0.303 e. The maximum absolute atomic E-state index is 11.5. The van der Waals surface area contributed by atoms with Gasteiger partial charge in [0.15, 0.2) is 0 Å². The highest BCUT2D eigenvalue weighted by molar-refractivity contribution is 7.89. The molecule has 2 aliphatic rings. The second kappa shape index (κ2) is 6.28. The first-order chi connectivity index (χ1) is 10.4. The van der Waals surface area contributed by atoms with E-state index in [4.69, 9.17) is 5.14 Å². The van der Waals surface area contributed by atoms with E-state index in [9.17, 15) is 8.42 Å². The maximum Gasteiger partial charge on any atom is 0.238 e. The summed E-state index contributed by atoms with van der Waals surface area (Å²) in [5, 5.41) is 5.23. The van der Waals surface area contributed by atoms with Crippen molar-refractivity contribution in [3.8, 4) is 0 Å². The number of hydrogen-bond donors (Lipinski definition) is 1. The molecule has 0 bridgehead atoms. The molecule has 22 heavy (non-hydrogen) atoms. The van der Waals surface area contributed by atoms with Gasteiger partial charge in [0, 0.05) is 19.1 Å². The number of likely N-dealkylation sites (tertiary alicyclic amines) is 1. The number of benzene rings is 1. The first-order valence-corrected chi connectivity index (χ1v) is 9.55. The highest BCUT2D eigenvalue weighted by atomic mass is 32.2. The van der Waals surface area contributed by atoms with Gasteiger partial charge in [-0.3, -0.25) is 4.90 Å². The van der Waals surface area contributed by atoms with Crippen molar-refractivity contribution in [2.75, 3.05) is 26.7 Å². The summed E-state index contributed by atoms with van der Waals surface area (Å²) in [4.78, 5) is 5.11. The molecule has 0 radical (unpaired) electrons. The third-order valence-electron chi connectivity index (χ3n) is 5.05. The van der Waals surface area contributed by atoms with Crippen LogP contribution in [0.4, 0.5) is 0 Å². The monoisotopic (exact) mass is 323 g/mol. The Morgan fingerprint density at radius 2 is 2.09 bits per heavy atom. The van der Waals surface area contributed by atoms with Gasteiger partial charge in [0.25, 0.3) is 0 Å². The van der Waals surface area contributed by atoms with E-state index in [1.165, 1.54) is 31.4 Å². The molecule has 1 aromatic carbocycles. The largest absolute Gasteiger partial charge is 0.303 e. The lowest BCUT2D eigenvalue weighted by atomic mass is 9.99. The van der Waals surface area contributed by atoms with Crippen LogP contribution in [-0.2, 0) is 23.0 Å². The summed E-state index contributed by atoms with van der Waals surface area (Å²) in [5.74, 6) is 0. The standard InChI is InChI=1S/C16H25N3O2S/c1-18-8-2-3-15(18)7-10-19-9-6-13-4-5-16(22(17,20)21)11-14(13)12-19/h4-5,11,15H,2-3,6-10,12H2,1H3,(H2,17,20,21). The molecule has 1 aromatic rings. The van der Waals surface area contributed by atoms with Crippen LogP contribution in [0.1, 0.15) is 30.4 Å². The van der Waals surface area contributed by atoms with Gasteiger partial charge in [-0.2, -0.15) is 0 Å². The third-order valence-corrected chi connectivity index (χ3v) is 5.96. The Morgan fingerprint density at radius 3 is 2.77 bits per heavy atom. The van der Waals surface area contributed by atoms with Crippen LogP contribution in [0.2, 0.25) is 0 Å². The lowest BCUT2D eigenvalue weighted by Crippen LogP contribution is -2.35. The van der Waals surface area contributed by atoms with Crippen LogP contribution in [0.25, 0.3) is 0 Å². The molecule has 0 saturated carbocycles. The first kappa shape index (κ1) is 15.9. The van der Waals surface area contributed by atoms with Gasteiger partial charge in [0.1, 0.15) is 0 Å². The summed E-state index contributed by atoms with van der Waals surface area (Å²) >= 11 is 0. The van der Waals surface area contributed by atoms with Gasteiger partial charge in [-0.15, -0.1) is 0 Å². The molecule has 1 saturated heterocycles. The predicted molar refractivity (Wildman–Crippen MR) is 87.1 cm³/mol. The van der Waals surface area contributed by atoms with Crippen LogP contribution in [0.15, 0.2) is 23.1 Å². The molecular weight excluding hydrogens is 298 g/mol. The number of nitrogens with two attached hydrogens (primary N) is 1. The first-order valence-electron chi connectivity index (χ1n) is 8.01. The van der Waals surface area contributed by atoms with Crippen molar-refractivity contribution in [1.29, 1.82) is 0 Å². The number of sulfonamides is 1. The molecule has 3 rings (SSSR count). The number of fused-ring (bicyclic) bond motifs is 1. The highest BCUT2D eigenvalue weighted by Crippen LogP contribution is 2.24. The molecule has 2 aliphatic heterocycles. The zero-order chi connectivity index (χ0) is 15.7. The van der Waals surface area contributed by atoms with Gasteiger partial charge in [-0.1, -0.05) is 6.07 Å².